The first-order valence-corrected chi connectivity index (χ1v) is 8.20. The molecular weight excluding hydrogens is 304 g/mol. The lowest BCUT2D eigenvalue weighted by Gasteiger charge is -2.16. The number of hydrogen-bond donors (Lipinski definition) is 0. The molecule has 0 atom stereocenters. The van der Waals surface area contributed by atoms with Crippen molar-refractivity contribution in [3.8, 4) is 6.07 Å². The van der Waals surface area contributed by atoms with Gasteiger partial charge in [-0.15, -0.1) is 10.2 Å². The van der Waals surface area contributed by atoms with Crippen LogP contribution in [0.15, 0.2) is 10.2 Å². The van der Waals surface area contributed by atoms with Crippen molar-refractivity contribution < 1.29 is 0 Å². The second kappa shape index (κ2) is 6.74. The Balaban J connectivity index is 2.27. The standard InChI is InChI=1S/C13H16N6S2/c1-5-19(6-2)13-15-9(4)11(20-13)16-17-12-10(7-14)8(3)18-21-12/h5-6H2,1-4H3/b17-16+. The van der Waals surface area contributed by atoms with E-state index in [1.54, 1.807) is 6.92 Å². The molecule has 2 aromatic heterocycles. The highest BCUT2D eigenvalue weighted by molar-refractivity contribution is 7.19. The highest BCUT2D eigenvalue weighted by atomic mass is 32.1. The van der Waals surface area contributed by atoms with Gasteiger partial charge in [-0.05, 0) is 39.2 Å². The van der Waals surface area contributed by atoms with Crippen molar-refractivity contribution >= 4 is 38.0 Å². The quantitative estimate of drug-likeness (QED) is 0.767. The van der Waals surface area contributed by atoms with Gasteiger partial charge in [0.15, 0.2) is 15.1 Å². The average Bonchev–Trinajstić information content (AvgIpc) is 3.01. The van der Waals surface area contributed by atoms with E-state index in [0.29, 0.717) is 16.3 Å². The molecule has 0 bridgehead atoms. The molecule has 0 aliphatic heterocycles. The Bertz CT molecular complexity index is 690. The molecule has 0 aliphatic rings. The van der Waals surface area contributed by atoms with Crippen LogP contribution >= 0.6 is 22.9 Å². The maximum atomic E-state index is 9.08. The molecule has 2 aromatic rings. The van der Waals surface area contributed by atoms with Crippen molar-refractivity contribution in [2.75, 3.05) is 18.0 Å². The third-order valence-corrected chi connectivity index (χ3v) is 4.91. The largest absolute Gasteiger partial charge is 0.349 e. The Morgan fingerprint density at radius 2 is 1.81 bits per heavy atom. The fourth-order valence-electron chi connectivity index (χ4n) is 1.74. The first kappa shape index (κ1) is 15.5. The van der Waals surface area contributed by atoms with Crippen molar-refractivity contribution in [3.63, 3.8) is 0 Å². The second-order valence-corrected chi connectivity index (χ2v) is 6.03. The lowest BCUT2D eigenvalue weighted by atomic mass is 10.3. The Kier molecular flexibility index (Phi) is 4.98. The van der Waals surface area contributed by atoms with Crippen LogP contribution in [0.25, 0.3) is 0 Å². The van der Waals surface area contributed by atoms with E-state index in [1.807, 2.05) is 6.92 Å². The molecule has 0 saturated heterocycles. The van der Waals surface area contributed by atoms with E-state index >= 15 is 0 Å². The van der Waals surface area contributed by atoms with E-state index in [1.165, 1.54) is 22.9 Å². The van der Waals surface area contributed by atoms with Gasteiger partial charge in [0.2, 0.25) is 0 Å². The van der Waals surface area contributed by atoms with Gasteiger partial charge in [-0.2, -0.15) is 9.64 Å². The molecule has 2 heterocycles. The number of nitriles is 1. The number of hydrogen-bond acceptors (Lipinski definition) is 8. The van der Waals surface area contributed by atoms with Gasteiger partial charge in [0.05, 0.1) is 11.4 Å². The van der Waals surface area contributed by atoms with E-state index < -0.39 is 0 Å². The average molecular weight is 320 g/mol. The van der Waals surface area contributed by atoms with E-state index in [9.17, 15) is 0 Å². The maximum absolute atomic E-state index is 9.08. The summed E-state index contributed by atoms with van der Waals surface area (Å²) in [6.45, 7) is 9.73. The van der Waals surface area contributed by atoms with Crippen LogP contribution in [0.5, 0.6) is 0 Å². The van der Waals surface area contributed by atoms with E-state index in [-0.39, 0.29) is 0 Å². The molecule has 110 valence electrons. The smallest absolute Gasteiger partial charge is 0.187 e. The van der Waals surface area contributed by atoms with Crippen molar-refractivity contribution in [3.05, 3.63) is 17.0 Å². The van der Waals surface area contributed by atoms with Gasteiger partial charge < -0.3 is 4.90 Å². The molecule has 0 fully saturated rings. The summed E-state index contributed by atoms with van der Waals surface area (Å²) in [5, 5.41) is 19.8. The summed E-state index contributed by atoms with van der Waals surface area (Å²) in [4.78, 5) is 6.70. The third-order valence-electron chi connectivity index (χ3n) is 2.98. The first-order valence-electron chi connectivity index (χ1n) is 6.61. The number of anilines is 1. The summed E-state index contributed by atoms with van der Waals surface area (Å²) >= 11 is 2.70. The van der Waals surface area contributed by atoms with Crippen LogP contribution in [0, 0.1) is 25.2 Å². The molecule has 0 amide bonds. The number of rotatable bonds is 5. The van der Waals surface area contributed by atoms with E-state index in [2.05, 4.69) is 44.4 Å². The lowest BCUT2D eigenvalue weighted by Crippen LogP contribution is -2.21. The predicted molar refractivity (Wildman–Crippen MR) is 86.2 cm³/mol. The first-order chi connectivity index (χ1) is 10.1. The molecule has 21 heavy (non-hydrogen) atoms. The SMILES string of the molecule is CCN(CC)c1nc(C)c(/N=N/c2snc(C)c2C#N)s1. The van der Waals surface area contributed by atoms with Gasteiger partial charge in [-0.25, -0.2) is 4.98 Å². The summed E-state index contributed by atoms with van der Waals surface area (Å²) < 4.78 is 4.13. The monoisotopic (exact) mass is 320 g/mol. The number of nitrogens with zero attached hydrogens (tertiary/aromatic N) is 6. The maximum Gasteiger partial charge on any atom is 0.187 e. The minimum Gasteiger partial charge on any atom is -0.349 e. The highest BCUT2D eigenvalue weighted by Crippen LogP contribution is 2.35. The molecule has 0 aliphatic carbocycles. The summed E-state index contributed by atoms with van der Waals surface area (Å²) in [7, 11) is 0. The highest BCUT2D eigenvalue weighted by Gasteiger charge is 2.13. The number of thiazole rings is 1. The minimum absolute atomic E-state index is 0.495. The van der Waals surface area contributed by atoms with Crippen LogP contribution in [0.4, 0.5) is 15.1 Å². The van der Waals surface area contributed by atoms with Crippen LogP contribution in [0.2, 0.25) is 0 Å². The Morgan fingerprint density at radius 3 is 2.43 bits per heavy atom. The Morgan fingerprint density at radius 1 is 1.14 bits per heavy atom. The molecule has 0 radical (unpaired) electrons. The van der Waals surface area contributed by atoms with Crippen LogP contribution in [0.1, 0.15) is 30.8 Å². The fraction of sp³-hybridized carbons (Fsp3) is 0.462. The van der Waals surface area contributed by atoms with Crippen LogP contribution < -0.4 is 4.90 Å². The van der Waals surface area contributed by atoms with Gasteiger partial charge >= 0.3 is 0 Å². The molecule has 0 aromatic carbocycles. The normalized spacial score (nSPS) is 11.0. The molecule has 8 heteroatoms. The van der Waals surface area contributed by atoms with E-state index in [0.717, 1.165) is 28.9 Å². The third kappa shape index (κ3) is 3.25. The zero-order valence-corrected chi connectivity index (χ0v) is 14.0. The van der Waals surface area contributed by atoms with Crippen molar-refractivity contribution in [2.24, 2.45) is 10.2 Å². The van der Waals surface area contributed by atoms with Gasteiger partial charge in [-0.3, -0.25) is 0 Å². The van der Waals surface area contributed by atoms with Crippen molar-refractivity contribution in [2.45, 2.75) is 27.7 Å². The Hall–Kier alpha value is -1.85. The summed E-state index contributed by atoms with van der Waals surface area (Å²) in [6, 6.07) is 2.11. The lowest BCUT2D eigenvalue weighted by molar-refractivity contribution is 0.857. The van der Waals surface area contributed by atoms with Gasteiger partial charge in [-0.1, -0.05) is 11.3 Å². The van der Waals surface area contributed by atoms with Gasteiger partial charge in [0.1, 0.15) is 11.6 Å². The second-order valence-electron chi connectivity index (χ2n) is 4.32. The number of aromatic nitrogens is 2. The van der Waals surface area contributed by atoms with Crippen molar-refractivity contribution in [1.82, 2.24) is 9.36 Å². The van der Waals surface area contributed by atoms with Crippen LogP contribution in [-0.4, -0.2) is 22.4 Å². The topological polar surface area (TPSA) is 77.5 Å². The Labute approximate surface area is 132 Å². The van der Waals surface area contributed by atoms with Gasteiger partial charge in [0.25, 0.3) is 0 Å². The van der Waals surface area contributed by atoms with Crippen LogP contribution in [0.3, 0.4) is 0 Å². The number of aryl methyl sites for hydroxylation is 2. The molecular formula is C13H16N6S2. The zero-order valence-electron chi connectivity index (χ0n) is 12.4. The molecule has 0 unspecified atom stereocenters. The summed E-state index contributed by atoms with van der Waals surface area (Å²) in [5.74, 6) is 0. The van der Waals surface area contributed by atoms with Gasteiger partial charge in [0, 0.05) is 13.1 Å². The van der Waals surface area contributed by atoms with E-state index in [4.69, 9.17) is 5.26 Å². The molecule has 2 rings (SSSR count). The summed E-state index contributed by atoms with van der Waals surface area (Å²) in [6.07, 6.45) is 0. The molecule has 0 saturated carbocycles. The zero-order chi connectivity index (χ0) is 15.4. The van der Waals surface area contributed by atoms with Crippen LogP contribution in [-0.2, 0) is 0 Å². The number of azo groups is 1. The molecule has 6 nitrogen and oxygen atoms in total. The predicted octanol–water partition coefficient (Wildman–Crippen LogP) is 4.35. The van der Waals surface area contributed by atoms with Crippen molar-refractivity contribution in [1.29, 1.82) is 5.26 Å². The summed E-state index contributed by atoms with van der Waals surface area (Å²) in [5.41, 5.74) is 2.04. The molecule has 0 spiro atoms. The fourth-order valence-corrected chi connectivity index (χ4v) is 3.44. The minimum atomic E-state index is 0.495. The molecule has 0 N–H and O–H groups in total.